The van der Waals surface area contributed by atoms with Crippen LogP contribution in [0, 0.1) is 0 Å². The van der Waals surface area contributed by atoms with Crippen LogP contribution < -0.4 is 15.5 Å². The molecule has 122 valence electrons. The molecule has 0 bridgehead atoms. The Morgan fingerprint density at radius 3 is 2.64 bits per heavy atom. The maximum absolute atomic E-state index is 11.6. The molecule has 0 spiro atoms. The monoisotopic (exact) mass is 305 g/mol. The van der Waals surface area contributed by atoms with E-state index in [1.54, 1.807) is 0 Å². The van der Waals surface area contributed by atoms with E-state index in [9.17, 15) is 4.79 Å². The smallest absolute Gasteiger partial charge is 0.221 e. The second-order valence-corrected chi connectivity index (χ2v) is 5.58. The van der Waals surface area contributed by atoms with E-state index in [0.717, 1.165) is 44.1 Å². The topological polar surface area (TPSA) is 60.5 Å². The Hall–Kier alpha value is -1.66. The summed E-state index contributed by atoms with van der Waals surface area (Å²) in [7, 11) is 1.84. The van der Waals surface area contributed by atoms with Crippen molar-refractivity contribution in [3.05, 3.63) is 23.9 Å². The van der Waals surface area contributed by atoms with E-state index in [1.165, 1.54) is 0 Å². The molecule has 0 aromatic carbocycles. The molecule has 1 fully saturated rings. The van der Waals surface area contributed by atoms with Crippen molar-refractivity contribution in [1.29, 1.82) is 0 Å². The molecule has 0 unspecified atom stereocenters. The van der Waals surface area contributed by atoms with Gasteiger partial charge in [0.25, 0.3) is 0 Å². The van der Waals surface area contributed by atoms with Crippen LogP contribution in [0.5, 0.6) is 0 Å². The van der Waals surface area contributed by atoms with Gasteiger partial charge in [0.1, 0.15) is 5.82 Å². The normalized spacial score (nSPS) is 15.8. The Morgan fingerprint density at radius 2 is 2.05 bits per heavy atom. The third kappa shape index (κ3) is 4.96. The van der Waals surface area contributed by atoms with Gasteiger partial charge in [-0.3, -0.25) is 4.79 Å². The van der Waals surface area contributed by atoms with E-state index in [2.05, 4.69) is 38.4 Å². The Kier molecular flexibility index (Phi) is 6.61. The summed E-state index contributed by atoms with van der Waals surface area (Å²) in [6.07, 6.45) is 2.36. The molecule has 1 aliphatic heterocycles. The van der Waals surface area contributed by atoms with Crippen molar-refractivity contribution in [3.63, 3.8) is 0 Å². The van der Waals surface area contributed by atoms with Gasteiger partial charge < -0.3 is 20.4 Å². The second-order valence-electron chi connectivity index (χ2n) is 5.58. The van der Waals surface area contributed by atoms with Gasteiger partial charge in [0.2, 0.25) is 5.91 Å². The summed E-state index contributed by atoms with van der Waals surface area (Å²) in [5.74, 6) is 1.09. The highest BCUT2D eigenvalue weighted by Gasteiger charge is 2.16. The zero-order valence-corrected chi connectivity index (χ0v) is 13.6. The Labute approximate surface area is 132 Å². The summed E-state index contributed by atoms with van der Waals surface area (Å²) >= 11 is 0. The predicted molar refractivity (Wildman–Crippen MR) is 89.0 cm³/mol. The number of piperazine rings is 1. The van der Waals surface area contributed by atoms with Gasteiger partial charge in [0.05, 0.1) is 0 Å². The molecule has 0 radical (unpaired) electrons. The molecule has 0 atom stereocenters. The molecule has 1 aromatic heterocycles. The first-order valence-electron chi connectivity index (χ1n) is 8.06. The minimum absolute atomic E-state index is 0.0640. The summed E-state index contributed by atoms with van der Waals surface area (Å²) in [6, 6.07) is 4.10. The number of hydrogen-bond donors (Lipinski definition) is 2. The number of amides is 1. The molecular formula is C16H27N5O. The molecule has 1 amide bonds. The van der Waals surface area contributed by atoms with Crippen LogP contribution in [0.15, 0.2) is 18.3 Å². The first-order chi connectivity index (χ1) is 10.7. The molecule has 1 aliphatic rings. The van der Waals surface area contributed by atoms with Gasteiger partial charge in [0, 0.05) is 51.9 Å². The van der Waals surface area contributed by atoms with Crippen LogP contribution in [0.1, 0.15) is 18.9 Å². The first-order valence-corrected chi connectivity index (χ1v) is 8.06. The number of carbonyl (C=O) groups is 1. The van der Waals surface area contributed by atoms with Crippen molar-refractivity contribution in [2.75, 3.05) is 51.2 Å². The summed E-state index contributed by atoms with van der Waals surface area (Å²) in [4.78, 5) is 20.9. The predicted octanol–water partition coefficient (Wildman–Crippen LogP) is 0.449. The zero-order valence-electron chi connectivity index (χ0n) is 13.6. The molecule has 6 nitrogen and oxygen atoms in total. The summed E-state index contributed by atoms with van der Waals surface area (Å²) < 4.78 is 0. The van der Waals surface area contributed by atoms with Crippen LogP contribution >= 0.6 is 0 Å². The average Bonchev–Trinajstić information content (AvgIpc) is 2.58. The van der Waals surface area contributed by atoms with E-state index < -0.39 is 0 Å². The molecule has 22 heavy (non-hydrogen) atoms. The van der Waals surface area contributed by atoms with Crippen molar-refractivity contribution in [1.82, 2.24) is 20.5 Å². The minimum Gasteiger partial charge on any atom is -0.354 e. The Morgan fingerprint density at radius 1 is 1.27 bits per heavy atom. The third-order valence-electron chi connectivity index (χ3n) is 4.04. The number of nitrogens with one attached hydrogen (secondary N) is 2. The van der Waals surface area contributed by atoms with Crippen molar-refractivity contribution < 1.29 is 4.79 Å². The molecule has 0 aliphatic carbocycles. The maximum atomic E-state index is 11.6. The van der Waals surface area contributed by atoms with Crippen LogP contribution in [-0.2, 0) is 11.3 Å². The van der Waals surface area contributed by atoms with E-state index in [1.807, 2.05) is 19.3 Å². The highest BCUT2D eigenvalue weighted by atomic mass is 16.1. The van der Waals surface area contributed by atoms with Gasteiger partial charge in [-0.15, -0.1) is 0 Å². The van der Waals surface area contributed by atoms with Gasteiger partial charge >= 0.3 is 0 Å². The lowest BCUT2D eigenvalue weighted by Gasteiger charge is -2.34. The lowest BCUT2D eigenvalue weighted by Crippen LogP contribution is -2.46. The number of likely N-dealkylation sites (N-methyl/N-ethyl adjacent to an activating group) is 1. The number of aromatic nitrogens is 1. The van der Waals surface area contributed by atoms with Gasteiger partial charge in [-0.1, -0.05) is 13.0 Å². The number of rotatable bonds is 7. The fraction of sp³-hybridized carbons (Fsp3) is 0.625. The van der Waals surface area contributed by atoms with Crippen LogP contribution in [0.3, 0.4) is 0 Å². The Balaban J connectivity index is 1.79. The van der Waals surface area contributed by atoms with Crippen molar-refractivity contribution in [2.24, 2.45) is 0 Å². The Bertz CT molecular complexity index is 454. The molecule has 1 saturated heterocycles. The summed E-state index contributed by atoms with van der Waals surface area (Å²) in [6.45, 7) is 8.82. The highest BCUT2D eigenvalue weighted by Crippen LogP contribution is 2.14. The van der Waals surface area contributed by atoms with E-state index in [-0.39, 0.29) is 5.91 Å². The van der Waals surface area contributed by atoms with Gasteiger partial charge in [-0.25, -0.2) is 4.98 Å². The van der Waals surface area contributed by atoms with E-state index >= 15 is 0 Å². The molecule has 0 saturated carbocycles. The fourth-order valence-electron chi connectivity index (χ4n) is 2.53. The van der Waals surface area contributed by atoms with Gasteiger partial charge in [-0.05, 0) is 25.2 Å². The van der Waals surface area contributed by atoms with Gasteiger partial charge in [-0.2, -0.15) is 0 Å². The maximum Gasteiger partial charge on any atom is 0.221 e. The molecule has 6 heteroatoms. The fourth-order valence-corrected chi connectivity index (χ4v) is 2.53. The van der Waals surface area contributed by atoms with E-state index in [4.69, 9.17) is 0 Å². The second kappa shape index (κ2) is 8.70. The number of pyridine rings is 1. The quantitative estimate of drug-likeness (QED) is 0.766. The van der Waals surface area contributed by atoms with E-state index in [0.29, 0.717) is 19.5 Å². The molecular weight excluding hydrogens is 278 g/mol. The van der Waals surface area contributed by atoms with Crippen molar-refractivity contribution >= 4 is 11.7 Å². The average molecular weight is 305 g/mol. The van der Waals surface area contributed by atoms with Crippen LogP contribution in [-0.4, -0.2) is 62.1 Å². The molecule has 1 aromatic rings. The lowest BCUT2D eigenvalue weighted by molar-refractivity contribution is -0.121. The number of anilines is 1. The summed E-state index contributed by atoms with van der Waals surface area (Å²) in [5.41, 5.74) is 1.04. The zero-order chi connectivity index (χ0) is 15.8. The summed E-state index contributed by atoms with van der Waals surface area (Å²) in [5, 5.41) is 5.87. The standard InChI is InChI=1S/C16H27N5O/c1-3-20-8-10-21(11-9-20)15-5-4-14(12-18-15)13-19-16(22)6-7-17-2/h4-5,12,17H,3,6-11,13H2,1-2H3,(H,19,22). The highest BCUT2D eigenvalue weighted by molar-refractivity contribution is 5.76. The molecule has 2 rings (SSSR count). The molecule has 2 N–H and O–H groups in total. The third-order valence-corrected chi connectivity index (χ3v) is 4.04. The minimum atomic E-state index is 0.0640. The number of nitrogens with zero attached hydrogens (tertiary/aromatic N) is 3. The van der Waals surface area contributed by atoms with Crippen LogP contribution in [0.4, 0.5) is 5.82 Å². The molecule has 2 heterocycles. The van der Waals surface area contributed by atoms with Crippen LogP contribution in [0.2, 0.25) is 0 Å². The SMILES string of the molecule is CCN1CCN(c2ccc(CNC(=O)CCNC)cn2)CC1. The van der Waals surface area contributed by atoms with Crippen molar-refractivity contribution in [3.8, 4) is 0 Å². The largest absolute Gasteiger partial charge is 0.354 e. The van der Waals surface area contributed by atoms with Crippen molar-refractivity contribution in [2.45, 2.75) is 19.9 Å². The van der Waals surface area contributed by atoms with Crippen LogP contribution in [0.25, 0.3) is 0 Å². The van der Waals surface area contributed by atoms with Gasteiger partial charge in [0.15, 0.2) is 0 Å². The first kappa shape index (κ1) is 16.7. The lowest BCUT2D eigenvalue weighted by atomic mass is 10.2. The number of hydrogen-bond acceptors (Lipinski definition) is 5. The number of carbonyl (C=O) groups excluding carboxylic acids is 1.